The highest BCUT2D eigenvalue weighted by Gasteiger charge is 2.33. The number of carbonyl (C=O) groups is 1. The van der Waals surface area contributed by atoms with Crippen molar-refractivity contribution in [2.75, 3.05) is 26.3 Å². The summed E-state index contributed by atoms with van der Waals surface area (Å²) in [5, 5.41) is 2.03. The van der Waals surface area contributed by atoms with Gasteiger partial charge in [-0.2, -0.15) is 4.57 Å². The Kier molecular flexibility index (Phi) is 5.31. The number of halogens is 1. The van der Waals surface area contributed by atoms with Gasteiger partial charge in [0.2, 0.25) is 23.2 Å². The van der Waals surface area contributed by atoms with Crippen LogP contribution in [0.5, 0.6) is 11.5 Å². The molecule has 1 saturated heterocycles. The van der Waals surface area contributed by atoms with E-state index in [1.165, 1.54) is 6.07 Å². The Morgan fingerprint density at radius 3 is 2.54 bits per heavy atom. The summed E-state index contributed by atoms with van der Waals surface area (Å²) >= 11 is 0. The molecular weight excluding hydrogens is 499 g/mol. The number of rotatable bonds is 3. The second kappa shape index (κ2) is 8.78. The van der Waals surface area contributed by atoms with E-state index in [0.29, 0.717) is 49.8 Å². The number of pyridine rings is 1. The van der Waals surface area contributed by atoms with Gasteiger partial charge in [-0.3, -0.25) is 9.59 Å². The molecule has 4 heterocycles. The van der Waals surface area contributed by atoms with Crippen LogP contribution in [0.15, 0.2) is 66.0 Å². The highest BCUT2D eigenvalue weighted by atomic mass is 19.1. The first kappa shape index (κ1) is 23.6. The lowest BCUT2D eigenvalue weighted by atomic mass is 10.0. The number of aryl methyl sites for hydroxylation is 2. The van der Waals surface area contributed by atoms with Crippen molar-refractivity contribution in [3.05, 3.63) is 88.5 Å². The predicted octanol–water partition coefficient (Wildman–Crippen LogP) is 4.27. The summed E-state index contributed by atoms with van der Waals surface area (Å²) in [5.41, 5.74) is 1.59. The van der Waals surface area contributed by atoms with E-state index in [4.69, 9.17) is 9.47 Å². The first-order valence-electron chi connectivity index (χ1n) is 13.0. The molecule has 196 valence electrons. The molecule has 1 fully saturated rings. The van der Waals surface area contributed by atoms with Crippen LogP contribution in [0, 0.1) is 12.7 Å². The number of carbonyl (C=O) groups excluding carboxylic acids is 1. The van der Waals surface area contributed by atoms with Crippen molar-refractivity contribution in [3.63, 3.8) is 0 Å². The van der Waals surface area contributed by atoms with Gasteiger partial charge in [0.05, 0.1) is 30.8 Å². The minimum Gasteiger partial charge on any atom is -0.448 e. The Morgan fingerprint density at radius 2 is 1.82 bits per heavy atom. The zero-order chi connectivity index (χ0) is 26.8. The summed E-state index contributed by atoms with van der Waals surface area (Å²) < 4.78 is 33.4. The molecule has 1 amide bonds. The standard InChI is InChI=1S/C30H26FN4O4/c1-3-32-15-18(2)35(17-32)27-23(31)14-21-26-29(27)39-25-13-20-7-5-4-6-19(20)12-24(25)34(26)16-22(28(21)36)30(37)33-8-10-38-11-9-33/h4-7,12-17H,3,8-11H2,1-2H3/q+1. The molecule has 0 atom stereocenters. The zero-order valence-corrected chi connectivity index (χ0v) is 21.6. The van der Waals surface area contributed by atoms with E-state index >= 15 is 4.39 Å². The van der Waals surface area contributed by atoms with Crippen LogP contribution in [0.25, 0.3) is 33.1 Å². The van der Waals surface area contributed by atoms with E-state index in [9.17, 15) is 9.59 Å². The second-order valence-electron chi connectivity index (χ2n) is 9.93. The van der Waals surface area contributed by atoms with Crippen molar-refractivity contribution in [1.82, 2.24) is 14.0 Å². The molecule has 9 heteroatoms. The minimum atomic E-state index is -0.608. The van der Waals surface area contributed by atoms with Gasteiger partial charge in [-0.1, -0.05) is 24.3 Å². The number of benzene rings is 3. The molecule has 0 unspecified atom stereocenters. The van der Waals surface area contributed by atoms with Crippen LogP contribution < -0.4 is 14.7 Å². The molecule has 0 bridgehead atoms. The summed E-state index contributed by atoms with van der Waals surface area (Å²) in [6.45, 7) is 6.22. The Labute approximate surface area is 223 Å². The normalized spacial score (nSPS) is 14.5. The lowest BCUT2D eigenvalue weighted by Gasteiger charge is -2.28. The molecule has 2 aliphatic heterocycles. The zero-order valence-electron chi connectivity index (χ0n) is 21.6. The summed E-state index contributed by atoms with van der Waals surface area (Å²) in [6.07, 6.45) is 5.32. The van der Waals surface area contributed by atoms with Crippen molar-refractivity contribution in [2.24, 2.45) is 0 Å². The maximum atomic E-state index is 16.0. The molecule has 0 aliphatic carbocycles. The van der Waals surface area contributed by atoms with Crippen LogP contribution in [0.3, 0.4) is 0 Å². The van der Waals surface area contributed by atoms with Crippen molar-refractivity contribution < 1.29 is 23.2 Å². The van der Waals surface area contributed by atoms with Gasteiger partial charge in [-0.15, -0.1) is 0 Å². The Bertz CT molecular complexity index is 1880. The molecular formula is C30H26FN4O4+. The highest BCUT2D eigenvalue weighted by molar-refractivity contribution is 6.01. The van der Waals surface area contributed by atoms with Crippen molar-refractivity contribution >= 4 is 27.6 Å². The maximum Gasteiger partial charge on any atom is 0.259 e. The number of amides is 1. The molecule has 39 heavy (non-hydrogen) atoms. The van der Waals surface area contributed by atoms with E-state index in [1.807, 2.05) is 67.3 Å². The van der Waals surface area contributed by atoms with Crippen molar-refractivity contribution in [1.29, 1.82) is 0 Å². The van der Waals surface area contributed by atoms with Crippen molar-refractivity contribution in [3.8, 4) is 22.9 Å². The fourth-order valence-corrected chi connectivity index (χ4v) is 5.59. The maximum absolute atomic E-state index is 16.0. The summed E-state index contributed by atoms with van der Waals surface area (Å²) in [4.78, 5) is 28.9. The largest absolute Gasteiger partial charge is 0.448 e. The smallest absolute Gasteiger partial charge is 0.259 e. The van der Waals surface area contributed by atoms with Crippen LogP contribution in [-0.4, -0.2) is 46.2 Å². The monoisotopic (exact) mass is 525 g/mol. The molecule has 8 nitrogen and oxygen atoms in total. The number of fused-ring (bicyclic) bond motifs is 3. The molecule has 0 N–H and O–H groups in total. The molecule has 0 saturated carbocycles. The summed E-state index contributed by atoms with van der Waals surface area (Å²) in [6, 6.07) is 13.0. The predicted molar refractivity (Wildman–Crippen MR) is 144 cm³/mol. The van der Waals surface area contributed by atoms with Crippen LogP contribution in [0.4, 0.5) is 4.39 Å². The van der Waals surface area contributed by atoms with Crippen LogP contribution >= 0.6 is 0 Å². The van der Waals surface area contributed by atoms with Crippen LogP contribution in [-0.2, 0) is 11.3 Å². The molecule has 7 rings (SSSR count). The third-order valence-electron chi connectivity index (χ3n) is 7.60. The molecule has 3 aromatic carbocycles. The van der Waals surface area contributed by atoms with Crippen LogP contribution in [0.1, 0.15) is 23.0 Å². The average molecular weight is 526 g/mol. The minimum absolute atomic E-state index is 0.00974. The van der Waals surface area contributed by atoms with Gasteiger partial charge < -0.3 is 18.9 Å². The first-order valence-corrected chi connectivity index (χ1v) is 13.0. The van der Waals surface area contributed by atoms with E-state index in [2.05, 4.69) is 0 Å². The molecule has 5 aromatic rings. The van der Waals surface area contributed by atoms with Crippen LogP contribution in [0.2, 0.25) is 0 Å². The van der Waals surface area contributed by atoms with Gasteiger partial charge >= 0.3 is 0 Å². The van der Waals surface area contributed by atoms with Gasteiger partial charge in [0, 0.05) is 26.2 Å². The number of hydrogen-bond acceptors (Lipinski definition) is 4. The van der Waals surface area contributed by atoms with E-state index in [0.717, 1.165) is 16.5 Å². The van der Waals surface area contributed by atoms with E-state index < -0.39 is 11.2 Å². The topological polar surface area (TPSA) is 69.6 Å². The number of aromatic nitrogens is 3. The molecule has 0 radical (unpaired) electrons. The average Bonchev–Trinajstić information content (AvgIpc) is 3.33. The van der Waals surface area contributed by atoms with Crippen molar-refractivity contribution in [2.45, 2.75) is 20.4 Å². The van der Waals surface area contributed by atoms with E-state index in [1.54, 1.807) is 20.2 Å². The number of morpholine rings is 1. The fraction of sp³-hybridized carbons (Fsp3) is 0.233. The van der Waals surface area contributed by atoms with Gasteiger partial charge in [0.1, 0.15) is 23.0 Å². The first-order chi connectivity index (χ1) is 18.9. The Hall–Kier alpha value is -4.50. The number of nitrogens with zero attached hydrogens (tertiary/aromatic N) is 4. The second-order valence-corrected chi connectivity index (χ2v) is 9.93. The highest BCUT2D eigenvalue weighted by Crippen LogP contribution is 2.45. The summed E-state index contributed by atoms with van der Waals surface area (Å²) in [7, 11) is 0. The lowest BCUT2D eigenvalue weighted by molar-refractivity contribution is -0.692. The quantitative estimate of drug-likeness (QED) is 0.324. The number of imidazole rings is 1. The SMILES string of the molecule is CC[n+]1cc(C)n(-c2c(F)cc3c(=O)c(C(=O)N4CCOCC4)cn4c3c2Oc2cc3ccccc3cc2-4)c1. The fourth-order valence-electron chi connectivity index (χ4n) is 5.59. The Balaban J connectivity index is 1.56. The van der Waals surface area contributed by atoms with E-state index in [-0.39, 0.29) is 28.3 Å². The third kappa shape index (κ3) is 3.57. The third-order valence-corrected chi connectivity index (χ3v) is 7.60. The molecule has 2 aliphatic rings. The summed E-state index contributed by atoms with van der Waals surface area (Å²) in [5.74, 6) is -0.254. The number of hydrogen-bond donors (Lipinski definition) is 0. The Morgan fingerprint density at radius 1 is 1.08 bits per heavy atom. The van der Waals surface area contributed by atoms with Gasteiger partial charge in [-0.05, 0) is 35.9 Å². The van der Waals surface area contributed by atoms with Gasteiger partial charge in [0.15, 0.2) is 11.6 Å². The van der Waals surface area contributed by atoms with Gasteiger partial charge in [0.25, 0.3) is 5.91 Å². The number of ether oxygens (including phenoxy) is 2. The molecule has 0 spiro atoms. The lowest BCUT2D eigenvalue weighted by Crippen LogP contribution is -2.42. The molecule has 2 aromatic heterocycles. The van der Waals surface area contributed by atoms with Gasteiger partial charge in [-0.25, -0.2) is 8.96 Å².